The predicted molar refractivity (Wildman–Crippen MR) is 96.0 cm³/mol. The third kappa shape index (κ3) is 2.21. The summed E-state index contributed by atoms with van der Waals surface area (Å²) in [5, 5.41) is 0. The van der Waals surface area contributed by atoms with E-state index in [1.54, 1.807) is 0 Å². The summed E-state index contributed by atoms with van der Waals surface area (Å²) < 4.78 is 3.49. The predicted octanol–water partition coefficient (Wildman–Crippen LogP) is 5.06. The summed E-state index contributed by atoms with van der Waals surface area (Å²) in [6.45, 7) is 2.11. The summed E-state index contributed by atoms with van der Waals surface area (Å²) >= 11 is 4.28. The lowest BCUT2D eigenvalue weighted by molar-refractivity contribution is 0.905. The van der Waals surface area contributed by atoms with Crippen LogP contribution >= 0.6 is 34.4 Å². The first kappa shape index (κ1) is 13.4. The number of hydrogen-bond donors (Lipinski definition) is 0. The van der Waals surface area contributed by atoms with Gasteiger partial charge in [-0.1, -0.05) is 42.0 Å². The molecular formula is C17H13IN2S. The Labute approximate surface area is 141 Å². The van der Waals surface area contributed by atoms with E-state index in [1.807, 2.05) is 11.8 Å². The average molecular weight is 404 g/mol. The highest BCUT2D eigenvalue weighted by molar-refractivity contribution is 14.1. The van der Waals surface area contributed by atoms with Gasteiger partial charge in [0.25, 0.3) is 0 Å². The van der Waals surface area contributed by atoms with Crippen LogP contribution in [0, 0.1) is 10.6 Å². The number of nitrogens with zero attached hydrogens (tertiary/aromatic N) is 2. The van der Waals surface area contributed by atoms with Crippen molar-refractivity contribution in [3.8, 4) is 16.9 Å². The number of halogens is 1. The Balaban J connectivity index is 1.91. The van der Waals surface area contributed by atoms with Gasteiger partial charge in [-0.05, 0) is 41.6 Å². The lowest BCUT2D eigenvalue weighted by Crippen LogP contribution is -2.07. The van der Waals surface area contributed by atoms with Crippen molar-refractivity contribution in [1.29, 1.82) is 0 Å². The largest absolute Gasteiger partial charge is 0.289 e. The number of fused-ring (bicyclic) bond motifs is 3. The van der Waals surface area contributed by atoms with E-state index in [9.17, 15) is 0 Å². The van der Waals surface area contributed by atoms with Crippen LogP contribution in [0.15, 0.2) is 53.4 Å². The highest BCUT2D eigenvalue weighted by Gasteiger charge is 2.23. The zero-order chi connectivity index (χ0) is 14.4. The molecule has 0 atom stereocenters. The number of para-hydroxylation sites is 1. The molecule has 4 heteroatoms. The highest BCUT2D eigenvalue weighted by atomic mass is 127. The van der Waals surface area contributed by atoms with Crippen molar-refractivity contribution < 1.29 is 0 Å². The molecule has 1 aromatic heterocycles. The number of imidazole rings is 1. The second-order valence-electron chi connectivity index (χ2n) is 5.13. The Kier molecular flexibility index (Phi) is 3.30. The maximum Gasteiger partial charge on any atom is 0.125 e. The average Bonchev–Trinajstić information content (AvgIpc) is 2.86. The minimum Gasteiger partial charge on any atom is -0.289 e. The van der Waals surface area contributed by atoms with Crippen LogP contribution in [0.5, 0.6) is 0 Å². The summed E-state index contributed by atoms with van der Waals surface area (Å²) in [5.74, 6) is 2.07. The molecule has 21 heavy (non-hydrogen) atoms. The van der Waals surface area contributed by atoms with Gasteiger partial charge in [0.1, 0.15) is 15.2 Å². The van der Waals surface area contributed by atoms with Crippen molar-refractivity contribution in [2.24, 2.45) is 0 Å². The Morgan fingerprint density at radius 1 is 1.10 bits per heavy atom. The second-order valence-corrected chi connectivity index (χ2v) is 7.16. The van der Waals surface area contributed by atoms with Crippen molar-refractivity contribution >= 4 is 34.4 Å². The van der Waals surface area contributed by atoms with Crippen LogP contribution in [0.3, 0.4) is 0 Å². The number of aryl methyl sites for hydroxylation is 1. The number of aromatic nitrogens is 2. The van der Waals surface area contributed by atoms with Crippen molar-refractivity contribution in [1.82, 2.24) is 9.55 Å². The van der Waals surface area contributed by atoms with Crippen molar-refractivity contribution in [2.45, 2.75) is 17.6 Å². The summed E-state index contributed by atoms with van der Waals surface area (Å²) in [7, 11) is 0. The normalized spacial score (nSPS) is 12.9. The Bertz CT molecular complexity index is 821. The second kappa shape index (κ2) is 5.18. The zero-order valence-electron chi connectivity index (χ0n) is 11.5. The van der Waals surface area contributed by atoms with Gasteiger partial charge in [-0.3, -0.25) is 4.57 Å². The molecule has 2 heterocycles. The fourth-order valence-electron chi connectivity index (χ4n) is 2.59. The first-order chi connectivity index (χ1) is 10.2. The van der Waals surface area contributed by atoms with E-state index in [1.165, 1.54) is 25.4 Å². The van der Waals surface area contributed by atoms with Gasteiger partial charge in [0, 0.05) is 10.5 Å². The molecular weight excluding hydrogens is 391 g/mol. The fourth-order valence-corrected chi connectivity index (χ4v) is 4.52. The Morgan fingerprint density at radius 3 is 2.67 bits per heavy atom. The van der Waals surface area contributed by atoms with Crippen molar-refractivity contribution in [3.05, 3.63) is 63.6 Å². The van der Waals surface area contributed by atoms with Crippen molar-refractivity contribution in [3.63, 3.8) is 0 Å². The third-order valence-corrected chi connectivity index (χ3v) is 5.73. The number of rotatable bonds is 1. The topological polar surface area (TPSA) is 17.8 Å². The van der Waals surface area contributed by atoms with Gasteiger partial charge < -0.3 is 0 Å². The van der Waals surface area contributed by atoms with E-state index in [0.717, 1.165) is 17.3 Å². The van der Waals surface area contributed by atoms with E-state index < -0.39 is 0 Å². The first-order valence-electron chi connectivity index (χ1n) is 6.80. The van der Waals surface area contributed by atoms with Gasteiger partial charge in [0.05, 0.1) is 11.4 Å². The molecule has 0 saturated carbocycles. The molecule has 0 bridgehead atoms. The highest BCUT2D eigenvalue weighted by Crippen LogP contribution is 2.38. The molecule has 0 N–H and O–H groups in total. The molecule has 0 fully saturated rings. The molecule has 0 unspecified atom stereocenters. The molecule has 0 aliphatic carbocycles. The third-order valence-electron chi connectivity index (χ3n) is 3.68. The van der Waals surface area contributed by atoms with Crippen molar-refractivity contribution in [2.75, 3.05) is 0 Å². The fraction of sp³-hybridized carbons (Fsp3) is 0.118. The van der Waals surface area contributed by atoms with E-state index in [2.05, 4.69) is 82.6 Å². The van der Waals surface area contributed by atoms with Gasteiger partial charge in [-0.2, -0.15) is 0 Å². The molecule has 0 spiro atoms. The molecule has 1 aliphatic heterocycles. The standard InChI is InChI=1S/C17H13IN2S/c1-11-6-8-12(9-7-11)16-17(18)20-13-4-2-3-5-14(13)21-10-15(20)19-16/h2-9H,10H2,1H3. The first-order valence-corrected chi connectivity index (χ1v) is 8.87. The molecule has 1 aliphatic rings. The van der Waals surface area contributed by atoms with Gasteiger partial charge in [0.2, 0.25) is 0 Å². The van der Waals surface area contributed by atoms with Crippen LogP contribution < -0.4 is 0 Å². The van der Waals surface area contributed by atoms with E-state index in [4.69, 9.17) is 4.98 Å². The zero-order valence-corrected chi connectivity index (χ0v) is 14.5. The molecule has 2 aromatic carbocycles. The summed E-state index contributed by atoms with van der Waals surface area (Å²) in [5.41, 5.74) is 4.80. The Hall–Kier alpha value is -1.27. The number of thioether (sulfide) groups is 1. The van der Waals surface area contributed by atoms with E-state index in [-0.39, 0.29) is 0 Å². The summed E-state index contributed by atoms with van der Waals surface area (Å²) in [6, 6.07) is 17.2. The van der Waals surface area contributed by atoms with Crippen LogP contribution in [0.2, 0.25) is 0 Å². The lowest BCUT2D eigenvalue weighted by Gasteiger charge is -2.18. The SMILES string of the molecule is Cc1ccc(-c2nc3n(c2I)-c2ccccc2SC3)cc1. The van der Waals surface area contributed by atoms with Crippen LogP contribution in [0.25, 0.3) is 16.9 Å². The maximum absolute atomic E-state index is 4.88. The number of hydrogen-bond acceptors (Lipinski definition) is 2. The molecule has 4 rings (SSSR count). The minimum atomic E-state index is 0.929. The molecule has 2 nitrogen and oxygen atoms in total. The molecule has 104 valence electrons. The monoisotopic (exact) mass is 404 g/mol. The van der Waals surface area contributed by atoms with Gasteiger partial charge in [-0.15, -0.1) is 11.8 Å². The summed E-state index contributed by atoms with van der Waals surface area (Å²) in [6.07, 6.45) is 0. The molecule has 0 amide bonds. The van der Waals surface area contributed by atoms with E-state index in [0.29, 0.717) is 0 Å². The van der Waals surface area contributed by atoms with Gasteiger partial charge >= 0.3 is 0 Å². The quantitative estimate of drug-likeness (QED) is 0.528. The van der Waals surface area contributed by atoms with E-state index >= 15 is 0 Å². The smallest absolute Gasteiger partial charge is 0.125 e. The molecule has 0 radical (unpaired) electrons. The van der Waals surface area contributed by atoms with Crippen LogP contribution in [-0.2, 0) is 5.75 Å². The van der Waals surface area contributed by atoms with Crippen LogP contribution in [0.1, 0.15) is 11.4 Å². The van der Waals surface area contributed by atoms with Crippen LogP contribution in [0.4, 0.5) is 0 Å². The van der Waals surface area contributed by atoms with Gasteiger partial charge in [-0.25, -0.2) is 4.98 Å². The number of benzene rings is 2. The van der Waals surface area contributed by atoms with Gasteiger partial charge in [0.15, 0.2) is 0 Å². The Morgan fingerprint density at radius 2 is 1.86 bits per heavy atom. The maximum atomic E-state index is 4.88. The lowest BCUT2D eigenvalue weighted by atomic mass is 10.1. The molecule has 0 saturated heterocycles. The van der Waals surface area contributed by atoms with Crippen LogP contribution in [-0.4, -0.2) is 9.55 Å². The molecule has 3 aromatic rings. The minimum absolute atomic E-state index is 0.929. The summed E-state index contributed by atoms with van der Waals surface area (Å²) in [4.78, 5) is 6.21.